The van der Waals surface area contributed by atoms with Crippen LogP contribution in [-0.2, 0) is 14.8 Å². The van der Waals surface area contributed by atoms with Gasteiger partial charge in [0.15, 0.2) is 0 Å². The van der Waals surface area contributed by atoms with Crippen molar-refractivity contribution in [1.29, 1.82) is 0 Å². The first-order valence-corrected chi connectivity index (χ1v) is 11.5. The van der Waals surface area contributed by atoms with Crippen LogP contribution >= 0.6 is 0 Å². The summed E-state index contributed by atoms with van der Waals surface area (Å²) in [5.74, 6) is -0.687. The molecule has 1 saturated heterocycles. The van der Waals surface area contributed by atoms with Gasteiger partial charge in [0.2, 0.25) is 10.0 Å². The van der Waals surface area contributed by atoms with Crippen molar-refractivity contribution in [3.63, 3.8) is 0 Å². The van der Waals surface area contributed by atoms with Crippen molar-refractivity contribution >= 4 is 45.5 Å². The Hall–Kier alpha value is -1.71. The summed E-state index contributed by atoms with van der Waals surface area (Å²) >= 11 is 0. The van der Waals surface area contributed by atoms with Gasteiger partial charge in [0.1, 0.15) is 11.6 Å². The third-order valence-corrected chi connectivity index (χ3v) is 7.36. The Morgan fingerprint density at radius 3 is 2.59 bits per heavy atom. The van der Waals surface area contributed by atoms with E-state index < -0.39 is 27.9 Å². The Kier molecular flexibility index (Phi) is 9.91. The Bertz CT molecular complexity index is 1040. The van der Waals surface area contributed by atoms with Gasteiger partial charge in [-0.25, -0.2) is 12.8 Å². The molecule has 168 valence electrons. The fourth-order valence-electron chi connectivity index (χ4n) is 3.94. The molecule has 1 heterocycles. The van der Waals surface area contributed by atoms with Gasteiger partial charge in [-0.3, -0.25) is 4.79 Å². The van der Waals surface area contributed by atoms with E-state index in [0.29, 0.717) is 31.6 Å². The predicted octanol–water partition coefficient (Wildman–Crippen LogP) is 3.75. The number of ether oxygens (including phenoxy) is 1. The van der Waals surface area contributed by atoms with Gasteiger partial charge in [-0.15, -0.1) is 0 Å². The first-order chi connectivity index (χ1) is 14.8. The molecule has 0 aliphatic carbocycles. The molecule has 0 radical (unpaired) electrons. The van der Waals surface area contributed by atoms with E-state index in [0.717, 1.165) is 17.7 Å². The summed E-state index contributed by atoms with van der Waals surface area (Å²) in [6, 6.07) is 11.8. The number of aliphatic carboxylic acids is 1. The van der Waals surface area contributed by atoms with Crippen molar-refractivity contribution in [1.82, 2.24) is 4.31 Å². The molecule has 3 rings (SSSR count). The van der Waals surface area contributed by atoms with E-state index >= 15 is 0 Å². The molecule has 2 aromatic carbocycles. The van der Waals surface area contributed by atoms with Gasteiger partial charge in [-0.1, -0.05) is 24.3 Å². The summed E-state index contributed by atoms with van der Waals surface area (Å²) in [4.78, 5) is 10.7. The van der Waals surface area contributed by atoms with Crippen molar-refractivity contribution in [3.8, 4) is 5.75 Å². The molecule has 9 heteroatoms. The van der Waals surface area contributed by atoms with Gasteiger partial charge in [0.05, 0.1) is 18.0 Å². The summed E-state index contributed by atoms with van der Waals surface area (Å²) in [6.07, 6.45) is 5.53. The first kappa shape index (κ1) is 26.5. The fraction of sp³-hybridized carbons (Fsp3) is 0.348. The molecular formula is C23H27FNNaO5S. The number of sulfonamides is 1. The van der Waals surface area contributed by atoms with Gasteiger partial charge >= 0.3 is 35.5 Å². The van der Waals surface area contributed by atoms with Gasteiger partial charge in [-0.05, 0) is 67.1 Å². The summed E-state index contributed by atoms with van der Waals surface area (Å²) < 4.78 is 46.9. The third-order valence-electron chi connectivity index (χ3n) is 5.46. The van der Waals surface area contributed by atoms with E-state index in [2.05, 4.69) is 0 Å². The Morgan fingerprint density at radius 2 is 1.94 bits per heavy atom. The van der Waals surface area contributed by atoms with E-state index in [-0.39, 0.29) is 46.8 Å². The van der Waals surface area contributed by atoms with Crippen LogP contribution < -0.4 is 4.74 Å². The molecular weight excluding hydrogens is 444 g/mol. The fourth-order valence-corrected chi connectivity index (χ4v) is 5.63. The second kappa shape index (κ2) is 12.0. The number of allylic oxidation sites excluding steroid dienone is 2. The monoisotopic (exact) mass is 471 g/mol. The van der Waals surface area contributed by atoms with E-state index in [9.17, 15) is 17.6 Å². The van der Waals surface area contributed by atoms with E-state index in [4.69, 9.17) is 9.84 Å². The van der Waals surface area contributed by atoms with Crippen LogP contribution in [0.15, 0.2) is 65.6 Å². The zero-order valence-electron chi connectivity index (χ0n) is 17.3. The third kappa shape index (κ3) is 6.42. The molecule has 1 fully saturated rings. The zero-order chi connectivity index (χ0) is 22.4. The van der Waals surface area contributed by atoms with Crippen LogP contribution in [-0.4, -0.2) is 67.0 Å². The molecule has 1 N–H and O–H groups in total. The van der Waals surface area contributed by atoms with Crippen LogP contribution in [0.2, 0.25) is 0 Å². The molecule has 1 aliphatic heterocycles. The van der Waals surface area contributed by atoms with Gasteiger partial charge in [0.25, 0.3) is 0 Å². The number of nitrogens with zero attached hydrogens (tertiary/aromatic N) is 1. The van der Waals surface area contributed by atoms with Crippen molar-refractivity contribution in [2.24, 2.45) is 5.92 Å². The van der Waals surface area contributed by atoms with Gasteiger partial charge in [-0.2, -0.15) is 4.31 Å². The number of methoxy groups -OCH3 is 1. The molecule has 0 aromatic heterocycles. The topological polar surface area (TPSA) is 83.9 Å². The number of carbonyl (C=O) groups is 1. The summed E-state index contributed by atoms with van der Waals surface area (Å²) in [5, 5.41) is 8.77. The molecule has 0 bridgehead atoms. The summed E-state index contributed by atoms with van der Waals surface area (Å²) in [7, 11) is -2.27. The number of rotatable bonds is 9. The summed E-state index contributed by atoms with van der Waals surface area (Å²) in [5.41, 5.74) is 0.825. The van der Waals surface area contributed by atoms with Crippen molar-refractivity contribution in [3.05, 3.63) is 72.1 Å². The van der Waals surface area contributed by atoms with Crippen LogP contribution in [0.25, 0.3) is 0 Å². The Morgan fingerprint density at radius 1 is 1.22 bits per heavy atom. The predicted molar refractivity (Wildman–Crippen MR) is 122 cm³/mol. The molecule has 2 aromatic rings. The van der Waals surface area contributed by atoms with Crippen molar-refractivity contribution in [2.45, 2.75) is 36.6 Å². The zero-order valence-corrected chi connectivity index (χ0v) is 18.1. The molecule has 6 nitrogen and oxygen atoms in total. The number of benzene rings is 2. The number of carboxylic acids is 1. The maximum atomic E-state index is 13.4. The van der Waals surface area contributed by atoms with Crippen LogP contribution in [0.5, 0.6) is 5.75 Å². The van der Waals surface area contributed by atoms with Crippen LogP contribution in [0.3, 0.4) is 0 Å². The van der Waals surface area contributed by atoms with Crippen molar-refractivity contribution in [2.75, 3.05) is 13.7 Å². The van der Waals surface area contributed by atoms with E-state index in [1.807, 2.05) is 30.4 Å². The normalized spacial score (nSPS) is 19.1. The molecule has 0 unspecified atom stereocenters. The van der Waals surface area contributed by atoms with Crippen LogP contribution in [0.4, 0.5) is 4.39 Å². The Balaban J connectivity index is 0.00000363. The standard InChI is InChI=1S/C23H26FNO5S.Na.H/c1-30-20-8-5-7-18(16-20)23-17(6-3-2-4-9-22(26)27)14-15-25(23)31(28,29)21-12-10-19(24)11-13-21;;/h2-3,5,7-8,10-13,16-17,23H,4,6,9,14-15H2,1H3,(H,26,27);;/b3-2-;;/t17-,23+;;/m1../s1. The van der Waals surface area contributed by atoms with E-state index in [1.165, 1.54) is 16.4 Å². The number of carboxylic acid groups (broad SMARTS) is 1. The Labute approximate surface area is 210 Å². The molecule has 1 aliphatic rings. The number of hydrogen-bond acceptors (Lipinski definition) is 4. The molecule has 0 amide bonds. The van der Waals surface area contributed by atoms with Gasteiger partial charge < -0.3 is 9.84 Å². The minimum atomic E-state index is -3.83. The maximum absolute atomic E-state index is 13.4. The number of halogens is 1. The number of hydrogen-bond donors (Lipinski definition) is 1. The first-order valence-electron chi connectivity index (χ1n) is 10.1. The quantitative estimate of drug-likeness (QED) is 0.445. The van der Waals surface area contributed by atoms with Crippen LogP contribution in [0.1, 0.15) is 37.3 Å². The van der Waals surface area contributed by atoms with E-state index in [1.54, 1.807) is 13.2 Å². The molecule has 0 saturated carbocycles. The molecule has 2 atom stereocenters. The molecule has 32 heavy (non-hydrogen) atoms. The summed E-state index contributed by atoms with van der Waals surface area (Å²) in [6.45, 7) is 0.342. The SMILES string of the molecule is COc1cccc([C@@H]2[C@H](C/C=C\CCC(=O)O)CCN2S(=O)(=O)c2ccc(F)cc2)c1.[NaH]. The second-order valence-corrected chi connectivity index (χ2v) is 9.37. The average molecular weight is 472 g/mol. The second-order valence-electron chi connectivity index (χ2n) is 7.48. The van der Waals surface area contributed by atoms with Crippen molar-refractivity contribution < 1.29 is 27.4 Å². The molecule has 0 spiro atoms. The average Bonchev–Trinajstić information content (AvgIpc) is 3.18. The van der Waals surface area contributed by atoms with Crippen LogP contribution in [0, 0.1) is 11.7 Å². The van der Waals surface area contributed by atoms with Gasteiger partial charge in [0, 0.05) is 13.0 Å². The minimum absolute atomic E-state index is 0.